The molecule has 4 rings (SSSR count). The van der Waals surface area contributed by atoms with Gasteiger partial charge in [0.15, 0.2) is 11.5 Å². The largest absolute Gasteiger partial charge is 0.454 e. The molecule has 2 fully saturated rings. The average molecular weight is 374 g/mol. The summed E-state index contributed by atoms with van der Waals surface area (Å²) in [5.74, 6) is 1.77. The van der Waals surface area contributed by atoms with Crippen molar-refractivity contribution in [1.29, 1.82) is 0 Å². The Bertz CT molecular complexity index is 635. The van der Waals surface area contributed by atoms with Crippen LogP contribution in [0.15, 0.2) is 18.2 Å². The number of piperazine rings is 1. The molecule has 0 spiro atoms. The lowest BCUT2D eigenvalue weighted by Crippen LogP contribution is -2.55. The van der Waals surface area contributed by atoms with Crippen LogP contribution in [0.3, 0.4) is 0 Å². The van der Waals surface area contributed by atoms with Crippen LogP contribution in [0, 0.1) is 5.41 Å². The predicted molar refractivity (Wildman–Crippen MR) is 108 cm³/mol. The molecule has 0 N–H and O–H groups in total. The maximum absolute atomic E-state index is 5.52. The Hall–Kier alpha value is -1.30. The quantitative estimate of drug-likeness (QED) is 0.809. The van der Waals surface area contributed by atoms with Crippen LogP contribution < -0.4 is 9.47 Å². The topological polar surface area (TPSA) is 28.2 Å². The molecule has 0 saturated carbocycles. The summed E-state index contributed by atoms with van der Waals surface area (Å²) in [6, 6.07) is 7.10. The summed E-state index contributed by atoms with van der Waals surface area (Å²) in [5, 5.41) is 0. The maximum Gasteiger partial charge on any atom is 0.231 e. The van der Waals surface area contributed by atoms with Gasteiger partial charge in [-0.3, -0.25) is 9.80 Å². The molecule has 3 heterocycles. The fourth-order valence-electron chi connectivity index (χ4n) is 4.73. The lowest BCUT2D eigenvalue weighted by atomic mass is 9.94. The molecule has 0 aliphatic carbocycles. The zero-order valence-electron chi connectivity index (χ0n) is 17.2. The number of nitrogens with zero attached hydrogens (tertiary/aromatic N) is 3. The van der Waals surface area contributed by atoms with E-state index < -0.39 is 0 Å². The zero-order valence-corrected chi connectivity index (χ0v) is 17.2. The van der Waals surface area contributed by atoms with Crippen molar-refractivity contribution in [2.75, 3.05) is 52.6 Å². The van der Waals surface area contributed by atoms with Gasteiger partial charge in [0.1, 0.15) is 0 Å². The first-order valence-corrected chi connectivity index (χ1v) is 10.5. The number of hydrogen-bond acceptors (Lipinski definition) is 5. The third-order valence-corrected chi connectivity index (χ3v) is 5.95. The molecule has 2 saturated heterocycles. The normalized spacial score (nSPS) is 25.1. The second-order valence-corrected chi connectivity index (χ2v) is 9.59. The molecule has 5 heteroatoms. The second-order valence-electron chi connectivity index (χ2n) is 9.59. The molecule has 0 unspecified atom stereocenters. The van der Waals surface area contributed by atoms with Crippen molar-refractivity contribution >= 4 is 0 Å². The molecule has 1 aromatic rings. The smallest absolute Gasteiger partial charge is 0.231 e. The SMILES string of the molecule is CC(C)(C)CN1CCC[C@@H](N2CCN(Cc3ccc4c(c3)OCO4)CC2)C1. The van der Waals surface area contributed by atoms with Crippen LogP contribution >= 0.6 is 0 Å². The van der Waals surface area contributed by atoms with E-state index in [1.807, 2.05) is 6.07 Å². The van der Waals surface area contributed by atoms with Crippen LogP contribution in [0.2, 0.25) is 0 Å². The molecule has 3 aliphatic rings. The highest BCUT2D eigenvalue weighted by molar-refractivity contribution is 5.44. The molecule has 0 amide bonds. The number of rotatable bonds is 4. The number of benzene rings is 1. The van der Waals surface area contributed by atoms with Crippen molar-refractivity contribution in [2.45, 2.75) is 46.2 Å². The molecule has 5 nitrogen and oxygen atoms in total. The summed E-state index contributed by atoms with van der Waals surface area (Å²) in [6.45, 7) is 16.9. The predicted octanol–water partition coefficient (Wildman–Crippen LogP) is 3.04. The van der Waals surface area contributed by atoms with E-state index in [1.54, 1.807) is 0 Å². The summed E-state index contributed by atoms with van der Waals surface area (Å²) in [7, 11) is 0. The highest BCUT2D eigenvalue weighted by atomic mass is 16.7. The standard InChI is InChI=1S/C22H35N3O2/c1-22(2,3)16-24-8-4-5-19(15-24)25-11-9-23(10-12-25)14-18-6-7-20-21(13-18)27-17-26-20/h6-7,13,19H,4-5,8-12,14-17H2,1-3H3/t19-/m1/s1. The van der Waals surface area contributed by atoms with Crippen LogP contribution in [0.4, 0.5) is 0 Å². The highest BCUT2D eigenvalue weighted by Gasteiger charge is 2.29. The molecule has 27 heavy (non-hydrogen) atoms. The van der Waals surface area contributed by atoms with E-state index in [2.05, 4.69) is 47.6 Å². The molecule has 0 radical (unpaired) electrons. The summed E-state index contributed by atoms with van der Waals surface area (Å²) in [5.41, 5.74) is 1.72. The van der Waals surface area contributed by atoms with Crippen LogP contribution in [0.5, 0.6) is 11.5 Å². The maximum atomic E-state index is 5.52. The van der Waals surface area contributed by atoms with Crippen molar-refractivity contribution in [1.82, 2.24) is 14.7 Å². The van der Waals surface area contributed by atoms with E-state index in [4.69, 9.17) is 9.47 Å². The van der Waals surface area contributed by atoms with Crippen LogP contribution in [0.1, 0.15) is 39.2 Å². The van der Waals surface area contributed by atoms with E-state index in [0.717, 1.165) is 37.2 Å². The average Bonchev–Trinajstić information content (AvgIpc) is 3.09. The first kappa shape index (κ1) is 19.0. The Labute approximate surface area is 164 Å². The number of likely N-dealkylation sites (tertiary alicyclic amines) is 1. The van der Waals surface area contributed by atoms with Gasteiger partial charge < -0.3 is 14.4 Å². The van der Waals surface area contributed by atoms with Crippen molar-refractivity contribution in [3.63, 3.8) is 0 Å². The minimum Gasteiger partial charge on any atom is -0.454 e. The van der Waals surface area contributed by atoms with Crippen LogP contribution in [-0.2, 0) is 6.54 Å². The fraction of sp³-hybridized carbons (Fsp3) is 0.727. The van der Waals surface area contributed by atoms with E-state index in [0.29, 0.717) is 12.2 Å². The third kappa shape index (κ3) is 4.95. The van der Waals surface area contributed by atoms with E-state index in [1.165, 1.54) is 51.1 Å². The molecule has 3 aliphatic heterocycles. The molecule has 0 aromatic heterocycles. The van der Waals surface area contributed by atoms with Gasteiger partial charge in [-0.15, -0.1) is 0 Å². The summed E-state index contributed by atoms with van der Waals surface area (Å²) < 4.78 is 10.9. The van der Waals surface area contributed by atoms with E-state index >= 15 is 0 Å². The summed E-state index contributed by atoms with van der Waals surface area (Å²) in [6.07, 6.45) is 2.71. The van der Waals surface area contributed by atoms with Crippen molar-refractivity contribution < 1.29 is 9.47 Å². The van der Waals surface area contributed by atoms with Gasteiger partial charge in [0.25, 0.3) is 0 Å². The molecule has 1 aromatic carbocycles. The second kappa shape index (κ2) is 7.98. The van der Waals surface area contributed by atoms with Crippen molar-refractivity contribution in [3.05, 3.63) is 23.8 Å². The molecular formula is C22H35N3O2. The fourth-order valence-corrected chi connectivity index (χ4v) is 4.73. The van der Waals surface area contributed by atoms with Gasteiger partial charge in [0, 0.05) is 51.9 Å². The van der Waals surface area contributed by atoms with Gasteiger partial charge in [-0.25, -0.2) is 0 Å². The molecule has 150 valence electrons. The first-order valence-electron chi connectivity index (χ1n) is 10.5. The lowest BCUT2D eigenvalue weighted by molar-refractivity contribution is 0.0404. The van der Waals surface area contributed by atoms with Gasteiger partial charge >= 0.3 is 0 Å². The van der Waals surface area contributed by atoms with Crippen molar-refractivity contribution in [3.8, 4) is 11.5 Å². The number of fused-ring (bicyclic) bond motifs is 1. The molecular weight excluding hydrogens is 338 g/mol. The van der Waals surface area contributed by atoms with Gasteiger partial charge in [-0.1, -0.05) is 26.8 Å². The van der Waals surface area contributed by atoms with Gasteiger partial charge in [-0.2, -0.15) is 0 Å². The Morgan fingerprint density at radius 1 is 0.963 bits per heavy atom. The van der Waals surface area contributed by atoms with Gasteiger partial charge in [0.2, 0.25) is 6.79 Å². The van der Waals surface area contributed by atoms with E-state index in [-0.39, 0.29) is 0 Å². The monoisotopic (exact) mass is 373 g/mol. The Kier molecular flexibility index (Phi) is 5.62. The van der Waals surface area contributed by atoms with Crippen LogP contribution in [0.25, 0.3) is 0 Å². The molecule has 1 atom stereocenters. The van der Waals surface area contributed by atoms with E-state index in [9.17, 15) is 0 Å². The number of piperidine rings is 1. The van der Waals surface area contributed by atoms with Crippen molar-refractivity contribution in [2.24, 2.45) is 5.41 Å². The summed E-state index contributed by atoms with van der Waals surface area (Å²) in [4.78, 5) is 8.00. The van der Waals surface area contributed by atoms with Gasteiger partial charge in [-0.05, 0) is 42.5 Å². The lowest BCUT2D eigenvalue weighted by Gasteiger charge is -2.44. The third-order valence-electron chi connectivity index (χ3n) is 5.95. The van der Waals surface area contributed by atoms with Crippen LogP contribution in [-0.4, -0.2) is 73.3 Å². The Balaban J connectivity index is 1.26. The zero-order chi connectivity index (χ0) is 18.9. The minimum absolute atomic E-state index is 0.352. The molecule has 0 bridgehead atoms. The Morgan fingerprint density at radius 2 is 1.74 bits per heavy atom. The number of ether oxygens (including phenoxy) is 2. The Morgan fingerprint density at radius 3 is 2.52 bits per heavy atom. The number of hydrogen-bond donors (Lipinski definition) is 0. The minimum atomic E-state index is 0.352. The summed E-state index contributed by atoms with van der Waals surface area (Å²) >= 11 is 0. The first-order chi connectivity index (χ1) is 13.0. The van der Waals surface area contributed by atoms with Gasteiger partial charge in [0.05, 0.1) is 0 Å². The highest BCUT2D eigenvalue weighted by Crippen LogP contribution is 2.33.